The van der Waals surface area contributed by atoms with Gasteiger partial charge >= 0.3 is 11.9 Å². The van der Waals surface area contributed by atoms with Gasteiger partial charge in [0, 0.05) is 30.8 Å². The number of nitro benzene ring substituents is 1. The standard InChI is InChI=1S/C12H14N2O6/c15-11(16)3-1-2-6-13-10-5-4-8(14(19)20)7-9(10)12(17)18/h4-5,7,13H,1-3,6H2,(H,15,16)(H,17,18). The van der Waals surface area contributed by atoms with Gasteiger partial charge in [-0.2, -0.15) is 0 Å². The first-order valence-electron chi connectivity index (χ1n) is 5.89. The lowest BCUT2D eigenvalue weighted by atomic mass is 10.1. The van der Waals surface area contributed by atoms with Gasteiger partial charge < -0.3 is 15.5 Å². The molecule has 0 aliphatic rings. The maximum atomic E-state index is 11.0. The molecule has 0 saturated heterocycles. The van der Waals surface area contributed by atoms with Crippen LogP contribution in [0.4, 0.5) is 11.4 Å². The molecule has 0 saturated carbocycles. The highest BCUT2D eigenvalue weighted by atomic mass is 16.6. The SMILES string of the molecule is O=C(O)CCCCNc1ccc([N+](=O)[O-])cc1C(=O)O. The second-order valence-electron chi connectivity index (χ2n) is 4.07. The van der Waals surface area contributed by atoms with Crippen molar-refractivity contribution in [3.63, 3.8) is 0 Å². The molecule has 0 atom stereocenters. The molecule has 1 rings (SSSR count). The van der Waals surface area contributed by atoms with Crippen molar-refractivity contribution in [1.82, 2.24) is 0 Å². The Hall–Kier alpha value is -2.64. The monoisotopic (exact) mass is 282 g/mol. The fraction of sp³-hybridized carbons (Fsp3) is 0.333. The van der Waals surface area contributed by atoms with Crippen LogP contribution < -0.4 is 5.32 Å². The Balaban J connectivity index is 2.67. The molecule has 8 nitrogen and oxygen atoms in total. The van der Waals surface area contributed by atoms with E-state index in [9.17, 15) is 19.7 Å². The zero-order chi connectivity index (χ0) is 15.1. The van der Waals surface area contributed by atoms with Crippen LogP contribution in [-0.4, -0.2) is 33.6 Å². The molecule has 0 amide bonds. The smallest absolute Gasteiger partial charge is 0.338 e. The molecule has 0 fully saturated rings. The summed E-state index contributed by atoms with van der Waals surface area (Å²) >= 11 is 0. The minimum absolute atomic E-state index is 0.0493. The molecule has 0 radical (unpaired) electrons. The van der Waals surface area contributed by atoms with E-state index < -0.39 is 16.9 Å². The molecular formula is C12H14N2O6. The highest BCUT2D eigenvalue weighted by molar-refractivity contribution is 5.95. The topological polar surface area (TPSA) is 130 Å². The number of carboxylic acid groups (broad SMARTS) is 2. The molecule has 0 bridgehead atoms. The number of hydrogen-bond donors (Lipinski definition) is 3. The van der Waals surface area contributed by atoms with Gasteiger partial charge in [0.2, 0.25) is 0 Å². The molecule has 0 heterocycles. The van der Waals surface area contributed by atoms with Crippen molar-refractivity contribution in [2.24, 2.45) is 0 Å². The van der Waals surface area contributed by atoms with Crippen molar-refractivity contribution in [3.05, 3.63) is 33.9 Å². The Kier molecular flexibility index (Phi) is 5.45. The summed E-state index contributed by atoms with van der Waals surface area (Å²) in [7, 11) is 0. The number of hydrogen-bond acceptors (Lipinski definition) is 5. The zero-order valence-corrected chi connectivity index (χ0v) is 10.5. The summed E-state index contributed by atoms with van der Waals surface area (Å²) in [5.74, 6) is -2.15. The second-order valence-corrected chi connectivity index (χ2v) is 4.07. The van der Waals surface area contributed by atoms with Gasteiger partial charge in [0.05, 0.1) is 10.5 Å². The first-order valence-corrected chi connectivity index (χ1v) is 5.89. The number of non-ortho nitro benzene ring substituents is 1. The number of unbranched alkanes of at least 4 members (excludes halogenated alkanes) is 1. The lowest BCUT2D eigenvalue weighted by molar-refractivity contribution is -0.384. The maximum absolute atomic E-state index is 11.0. The van der Waals surface area contributed by atoms with E-state index in [0.29, 0.717) is 19.4 Å². The fourth-order valence-electron chi connectivity index (χ4n) is 1.60. The van der Waals surface area contributed by atoms with E-state index in [-0.39, 0.29) is 23.4 Å². The van der Waals surface area contributed by atoms with E-state index in [0.717, 1.165) is 6.07 Å². The molecule has 0 aliphatic heterocycles. The summed E-state index contributed by atoms with van der Waals surface area (Å²) in [6.07, 6.45) is 1.08. The van der Waals surface area contributed by atoms with Gasteiger partial charge in [-0.25, -0.2) is 4.79 Å². The van der Waals surface area contributed by atoms with Crippen LogP contribution in [0, 0.1) is 10.1 Å². The van der Waals surface area contributed by atoms with Gasteiger partial charge in [0.15, 0.2) is 0 Å². The Morgan fingerprint density at radius 3 is 2.50 bits per heavy atom. The summed E-state index contributed by atoms with van der Waals surface area (Å²) in [5, 5.41) is 30.9. The predicted molar refractivity (Wildman–Crippen MR) is 70.0 cm³/mol. The number of carbonyl (C=O) groups is 2. The van der Waals surface area contributed by atoms with Crippen LogP contribution in [0.1, 0.15) is 29.6 Å². The third-order valence-corrected chi connectivity index (χ3v) is 2.58. The normalized spacial score (nSPS) is 10.0. The van der Waals surface area contributed by atoms with Gasteiger partial charge in [-0.05, 0) is 18.9 Å². The first kappa shape index (κ1) is 15.4. The summed E-state index contributed by atoms with van der Waals surface area (Å²) in [6.45, 7) is 0.394. The van der Waals surface area contributed by atoms with Crippen molar-refractivity contribution in [1.29, 1.82) is 0 Å². The van der Waals surface area contributed by atoms with Crippen LogP contribution in [0.25, 0.3) is 0 Å². The Labute approximate surface area is 114 Å². The average Bonchev–Trinajstić information content (AvgIpc) is 2.37. The molecule has 8 heteroatoms. The molecule has 1 aromatic rings. The number of carboxylic acids is 2. The quantitative estimate of drug-likeness (QED) is 0.377. The molecular weight excluding hydrogens is 268 g/mol. The number of aliphatic carboxylic acids is 1. The van der Waals surface area contributed by atoms with Crippen molar-refractivity contribution in [2.75, 3.05) is 11.9 Å². The van der Waals surface area contributed by atoms with Crippen molar-refractivity contribution < 1.29 is 24.7 Å². The molecule has 108 valence electrons. The van der Waals surface area contributed by atoms with Gasteiger partial charge in [-0.15, -0.1) is 0 Å². The maximum Gasteiger partial charge on any atom is 0.338 e. The van der Waals surface area contributed by atoms with Crippen molar-refractivity contribution in [2.45, 2.75) is 19.3 Å². The first-order chi connectivity index (χ1) is 9.41. The van der Waals surface area contributed by atoms with E-state index >= 15 is 0 Å². The minimum Gasteiger partial charge on any atom is -0.481 e. The molecule has 1 aromatic carbocycles. The molecule has 0 aliphatic carbocycles. The van der Waals surface area contributed by atoms with Crippen LogP contribution in [0.3, 0.4) is 0 Å². The highest BCUT2D eigenvalue weighted by Crippen LogP contribution is 2.22. The molecule has 20 heavy (non-hydrogen) atoms. The van der Waals surface area contributed by atoms with Crippen LogP contribution in [-0.2, 0) is 4.79 Å². The zero-order valence-electron chi connectivity index (χ0n) is 10.5. The van der Waals surface area contributed by atoms with Gasteiger partial charge in [0.25, 0.3) is 5.69 Å². The van der Waals surface area contributed by atoms with Gasteiger partial charge in [-0.3, -0.25) is 14.9 Å². The Morgan fingerprint density at radius 1 is 1.25 bits per heavy atom. The number of rotatable bonds is 8. The fourth-order valence-corrected chi connectivity index (χ4v) is 1.60. The number of aromatic carboxylic acids is 1. The lowest BCUT2D eigenvalue weighted by Crippen LogP contribution is -2.08. The van der Waals surface area contributed by atoms with Crippen LogP contribution in [0.2, 0.25) is 0 Å². The van der Waals surface area contributed by atoms with Gasteiger partial charge in [0.1, 0.15) is 0 Å². The summed E-state index contributed by atoms with van der Waals surface area (Å²) in [4.78, 5) is 31.3. The molecule has 0 spiro atoms. The number of anilines is 1. The average molecular weight is 282 g/mol. The van der Waals surface area contributed by atoms with Crippen molar-refractivity contribution >= 4 is 23.3 Å². The van der Waals surface area contributed by atoms with E-state index in [1.165, 1.54) is 12.1 Å². The number of benzene rings is 1. The van der Waals surface area contributed by atoms with Crippen LogP contribution >= 0.6 is 0 Å². The van der Waals surface area contributed by atoms with E-state index in [1.54, 1.807) is 0 Å². The highest BCUT2D eigenvalue weighted by Gasteiger charge is 2.15. The lowest BCUT2D eigenvalue weighted by Gasteiger charge is -2.09. The predicted octanol–water partition coefficient (Wildman–Crippen LogP) is 1.96. The molecule has 3 N–H and O–H groups in total. The van der Waals surface area contributed by atoms with Gasteiger partial charge in [-0.1, -0.05) is 0 Å². The summed E-state index contributed by atoms with van der Waals surface area (Å²) in [5.41, 5.74) is -0.199. The number of nitrogens with one attached hydrogen (secondary N) is 1. The second kappa shape index (κ2) is 7.07. The van der Waals surface area contributed by atoms with Crippen LogP contribution in [0.15, 0.2) is 18.2 Å². The minimum atomic E-state index is -1.26. The van der Waals surface area contributed by atoms with E-state index in [2.05, 4.69) is 5.32 Å². The molecule has 0 aromatic heterocycles. The van der Waals surface area contributed by atoms with E-state index in [1.807, 2.05) is 0 Å². The summed E-state index contributed by atoms with van der Waals surface area (Å²) in [6, 6.07) is 3.53. The van der Waals surface area contributed by atoms with E-state index in [4.69, 9.17) is 10.2 Å². The Bertz CT molecular complexity index is 529. The van der Waals surface area contributed by atoms with Crippen molar-refractivity contribution in [3.8, 4) is 0 Å². The third-order valence-electron chi connectivity index (χ3n) is 2.58. The largest absolute Gasteiger partial charge is 0.481 e. The third kappa shape index (κ3) is 4.56. The summed E-state index contributed by atoms with van der Waals surface area (Å²) < 4.78 is 0. The number of nitro groups is 1. The molecule has 0 unspecified atom stereocenters. The Morgan fingerprint density at radius 2 is 1.95 bits per heavy atom. The number of nitrogens with zero attached hydrogens (tertiary/aromatic N) is 1. The van der Waals surface area contributed by atoms with Crippen LogP contribution in [0.5, 0.6) is 0 Å².